The molecule has 120 valence electrons. The van der Waals surface area contributed by atoms with E-state index in [9.17, 15) is 14.9 Å². The molecule has 3 rings (SSSR count). The molecular formula is C14H14N4O3S2. The van der Waals surface area contributed by atoms with Crippen LogP contribution in [-0.2, 0) is 4.79 Å². The molecule has 0 saturated heterocycles. The van der Waals surface area contributed by atoms with Gasteiger partial charge in [0, 0.05) is 19.0 Å². The van der Waals surface area contributed by atoms with Gasteiger partial charge in [0.25, 0.3) is 5.69 Å². The average molecular weight is 350 g/mol. The number of nitro benzene ring substituents is 1. The van der Waals surface area contributed by atoms with Gasteiger partial charge in [0.2, 0.25) is 11.0 Å². The van der Waals surface area contributed by atoms with Crippen LogP contribution in [0.4, 0.5) is 10.8 Å². The topological polar surface area (TPSA) is 89.2 Å². The maximum Gasteiger partial charge on any atom is 0.283 e. The number of aromatic nitrogens is 2. The van der Waals surface area contributed by atoms with Crippen molar-refractivity contribution in [1.82, 2.24) is 10.2 Å². The number of nitrogens with zero attached hydrogens (tertiary/aromatic N) is 4. The molecule has 0 N–H and O–H groups in total. The zero-order chi connectivity index (χ0) is 16.6. The van der Waals surface area contributed by atoms with E-state index in [1.165, 1.54) is 36.1 Å². The van der Waals surface area contributed by atoms with Gasteiger partial charge >= 0.3 is 0 Å². The predicted octanol–water partition coefficient (Wildman–Crippen LogP) is 3.42. The summed E-state index contributed by atoms with van der Waals surface area (Å²) in [5, 5.41) is 19.9. The van der Waals surface area contributed by atoms with Crippen molar-refractivity contribution in [3.8, 4) is 0 Å². The molecule has 0 unspecified atom stereocenters. The Hall–Kier alpha value is -2.00. The minimum absolute atomic E-state index is 0.0531. The van der Waals surface area contributed by atoms with E-state index in [-0.39, 0.29) is 17.6 Å². The number of aryl methyl sites for hydroxylation is 1. The number of benzene rings is 1. The van der Waals surface area contributed by atoms with E-state index >= 15 is 0 Å². The highest BCUT2D eigenvalue weighted by molar-refractivity contribution is 8.01. The summed E-state index contributed by atoms with van der Waals surface area (Å²) in [6, 6.07) is 5.29. The van der Waals surface area contributed by atoms with E-state index in [0.29, 0.717) is 14.4 Å². The quantitative estimate of drug-likeness (QED) is 0.466. The number of nitro groups is 1. The monoisotopic (exact) mass is 350 g/mol. The Morgan fingerprint density at radius 3 is 2.78 bits per heavy atom. The number of hydrogen-bond donors (Lipinski definition) is 0. The third kappa shape index (κ3) is 3.50. The van der Waals surface area contributed by atoms with Gasteiger partial charge in [-0.25, -0.2) is 0 Å². The van der Waals surface area contributed by atoms with E-state index in [0.717, 1.165) is 18.4 Å². The second-order valence-electron chi connectivity index (χ2n) is 5.30. The summed E-state index contributed by atoms with van der Waals surface area (Å²) in [7, 11) is 0. The van der Waals surface area contributed by atoms with Crippen molar-refractivity contribution in [2.75, 3.05) is 4.90 Å². The van der Waals surface area contributed by atoms with Crippen LogP contribution >= 0.6 is 23.1 Å². The zero-order valence-corrected chi connectivity index (χ0v) is 14.2. The van der Waals surface area contributed by atoms with Crippen LogP contribution in [0.2, 0.25) is 0 Å². The maximum absolute atomic E-state index is 11.7. The fraction of sp³-hybridized carbons (Fsp3) is 0.357. The fourth-order valence-corrected chi connectivity index (χ4v) is 4.17. The van der Waals surface area contributed by atoms with Crippen molar-refractivity contribution < 1.29 is 9.72 Å². The van der Waals surface area contributed by atoms with Crippen molar-refractivity contribution >= 4 is 39.8 Å². The molecule has 1 saturated carbocycles. The molecule has 23 heavy (non-hydrogen) atoms. The molecule has 0 aliphatic heterocycles. The van der Waals surface area contributed by atoms with Gasteiger partial charge in [-0.1, -0.05) is 17.4 Å². The van der Waals surface area contributed by atoms with Crippen LogP contribution in [0.15, 0.2) is 27.4 Å². The molecular weight excluding hydrogens is 336 g/mol. The summed E-state index contributed by atoms with van der Waals surface area (Å²) in [5.41, 5.74) is 0.882. The number of amides is 1. The molecule has 0 spiro atoms. The first-order valence-electron chi connectivity index (χ1n) is 7.02. The van der Waals surface area contributed by atoms with Crippen molar-refractivity contribution in [3.05, 3.63) is 33.9 Å². The SMILES string of the molecule is CC(=O)N(c1nnc(Sc2ccc(C)cc2[N+](=O)[O-])s1)C1CC1. The molecule has 0 atom stereocenters. The molecule has 1 aliphatic rings. The number of carbonyl (C=O) groups is 1. The van der Waals surface area contributed by atoms with Gasteiger partial charge in [-0.05, 0) is 43.2 Å². The summed E-state index contributed by atoms with van der Waals surface area (Å²) in [4.78, 5) is 24.7. The van der Waals surface area contributed by atoms with Gasteiger partial charge < -0.3 is 0 Å². The average Bonchev–Trinajstić information content (AvgIpc) is 3.20. The Morgan fingerprint density at radius 2 is 2.17 bits per heavy atom. The molecule has 1 aromatic heterocycles. The Morgan fingerprint density at radius 1 is 1.43 bits per heavy atom. The van der Waals surface area contributed by atoms with Crippen molar-refractivity contribution in [1.29, 1.82) is 0 Å². The van der Waals surface area contributed by atoms with Crippen LogP contribution in [0.5, 0.6) is 0 Å². The van der Waals surface area contributed by atoms with E-state index in [2.05, 4.69) is 10.2 Å². The Labute approximate surface area is 140 Å². The predicted molar refractivity (Wildman–Crippen MR) is 88.0 cm³/mol. The molecule has 9 heteroatoms. The fourth-order valence-electron chi connectivity index (χ4n) is 2.17. The first-order valence-corrected chi connectivity index (χ1v) is 8.65. The highest BCUT2D eigenvalue weighted by Gasteiger charge is 2.34. The summed E-state index contributed by atoms with van der Waals surface area (Å²) in [5.74, 6) is -0.0542. The maximum atomic E-state index is 11.7. The number of carbonyl (C=O) groups excluding carboxylic acids is 1. The third-order valence-electron chi connectivity index (χ3n) is 3.36. The highest BCUT2D eigenvalue weighted by Crippen LogP contribution is 2.40. The van der Waals surface area contributed by atoms with Crippen molar-refractivity contribution in [2.45, 2.75) is 42.0 Å². The van der Waals surface area contributed by atoms with Crippen LogP contribution in [0.25, 0.3) is 0 Å². The van der Waals surface area contributed by atoms with Gasteiger partial charge in [-0.3, -0.25) is 19.8 Å². The smallest absolute Gasteiger partial charge is 0.283 e. The standard InChI is InChI=1S/C14H14N4O3S2/c1-8-3-6-12(11(7-8)18(20)21)22-14-16-15-13(23-14)17(9(2)19)10-4-5-10/h3,6-7,10H,4-5H2,1-2H3. The van der Waals surface area contributed by atoms with Gasteiger partial charge in [0.15, 0.2) is 4.34 Å². The highest BCUT2D eigenvalue weighted by atomic mass is 32.2. The minimum Gasteiger partial charge on any atom is -0.284 e. The van der Waals surface area contributed by atoms with E-state index in [1.807, 2.05) is 13.0 Å². The van der Waals surface area contributed by atoms with Gasteiger partial charge in [0.1, 0.15) is 0 Å². The van der Waals surface area contributed by atoms with Crippen LogP contribution in [0.1, 0.15) is 25.3 Å². The van der Waals surface area contributed by atoms with E-state index in [1.54, 1.807) is 11.0 Å². The minimum atomic E-state index is -0.399. The second kappa shape index (κ2) is 6.25. The van der Waals surface area contributed by atoms with E-state index in [4.69, 9.17) is 0 Å². The lowest BCUT2D eigenvalue weighted by molar-refractivity contribution is -0.387. The molecule has 7 nitrogen and oxygen atoms in total. The molecule has 2 aromatic rings. The molecule has 0 bridgehead atoms. The number of hydrogen-bond acceptors (Lipinski definition) is 7. The normalized spacial score (nSPS) is 13.8. The Kier molecular flexibility index (Phi) is 4.31. The molecule has 1 aliphatic carbocycles. The third-order valence-corrected chi connectivity index (χ3v) is 5.40. The number of rotatable bonds is 5. The first-order chi connectivity index (χ1) is 11.0. The summed E-state index contributed by atoms with van der Waals surface area (Å²) >= 11 is 2.48. The van der Waals surface area contributed by atoms with Crippen LogP contribution < -0.4 is 4.90 Å². The Bertz CT molecular complexity index is 773. The molecule has 1 amide bonds. The molecule has 1 aromatic carbocycles. The molecule has 0 radical (unpaired) electrons. The first kappa shape index (κ1) is 15.9. The Balaban J connectivity index is 1.85. The second-order valence-corrected chi connectivity index (χ2v) is 7.55. The zero-order valence-electron chi connectivity index (χ0n) is 12.6. The summed E-state index contributed by atoms with van der Waals surface area (Å²) in [6.07, 6.45) is 1.95. The summed E-state index contributed by atoms with van der Waals surface area (Å²) < 4.78 is 0.582. The summed E-state index contributed by atoms with van der Waals surface area (Å²) in [6.45, 7) is 3.32. The van der Waals surface area contributed by atoms with Crippen molar-refractivity contribution in [2.24, 2.45) is 0 Å². The lowest BCUT2D eigenvalue weighted by Gasteiger charge is -2.15. The lowest BCUT2D eigenvalue weighted by atomic mass is 10.2. The van der Waals surface area contributed by atoms with Crippen LogP contribution in [-0.4, -0.2) is 27.1 Å². The number of anilines is 1. The van der Waals surface area contributed by atoms with Gasteiger partial charge in [-0.15, -0.1) is 10.2 Å². The van der Waals surface area contributed by atoms with E-state index < -0.39 is 4.92 Å². The molecule has 1 fully saturated rings. The largest absolute Gasteiger partial charge is 0.284 e. The van der Waals surface area contributed by atoms with Crippen LogP contribution in [0, 0.1) is 17.0 Å². The molecule has 1 heterocycles. The van der Waals surface area contributed by atoms with Gasteiger partial charge in [-0.2, -0.15) is 0 Å². The van der Waals surface area contributed by atoms with Crippen LogP contribution in [0.3, 0.4) is 0 Å². The van der Waals surface area contributed by atoms with Crippen molar-refractivity contribution in [3.63, 3.8) is 0 Å². The lowest BCUT2D eigenvalue weighted by Crippen LogP contribution is -2.30. The van der Waals surface area contributed by atoms with Gasteiger partial charge in [0.05, 0.1) is 9.82 Å².